The zero-order chi connectivity index (χ0) is 17.2. The van der Waals surface area contributed by atoms with Crippen LogP contribution in [-0.2, 0) is 0 Å². The maximum absolute atomic E-state index is 4.88. The molecular weight excluding hydrogens is 304 g/mol. The lowest BCUT2D eigenvalue weighted by Gasteiger charge is -2.27. The highest BCUT2D eigenvalue weighted by atomic mass is 15.3. The molecule has 0 atom stereocenters. The first-order chi connectivity index (χ1) is 12.2. The Labute approximate surface area is 149 Å². The molecule has 1 aliphatic carbocycles. The maximum Gasteiger partial charge on any atom is 0.331 e. The molecule has 0 spiro atoms. The fraction of sp³-hybridized carbons (Fsp3) is 0.217. The van der Waals surface area contributed by atoms with Gasteiger partial charge in [0.1, 0.15) is 0 Å². The summed E-state index contributed by atoms with van der Waals surface area (Å²) in [7, 11) is 0. The Morgan fingerprint density at radius 2 is 1.68 bits per heavy atom. The van der Waals surface area contributed by atoms with Crippen molar-refractivity contribution in [2.75, 3.05) is 0 Å². The van der Waals surface area contributed by atoms with Gasteiger partial charge >= 0.3 is 11.7 Å². The summed E-state index contributed by atoms with van der Waals surface area (Å²) in [6, 6.07) is 19.2. The molecule has 0 radical (unpaired) electrons. The van der Waals surface area contributed by atoms with Gasteiger partial charge in [-0.25, -0.2) is 4.67 Å². The Morgan fingerprint density at radius 1 is 0.920 bits per heavy atom. The average Bonchev–Trinajstić information content (AvgIpc) is 2.62. The molecule has 0 N–H and O–H groups in total. The molecule has 2 nitrogen and oxygen atoms in total. The minimum Gasteiger partial charge on any atom is -0.234 e. The van der Waals surface area contributed by atoms with E-state index in [2.05, 4.69) is 91.6 Å². The number of hydrogen-bond donors (Lipinski definition) is 0. The first-order valence-electron chi connectivity index (χ1n) is 9.01. The SMILES string of the molecule is CC(C)C1=[N+]=C(c2cccc(-c3ccccc3)c2)N1C1=CC=CCC1. The number of benzene rings is 2. The highest BCUT2D eigenvalue weighted by Gasteiger charge is 2.40. The minimum atomic E-state index is 0.424. The molecule has 0 saturated heterocycles. The van der Waals surface area contributed by atoms with E-state index in [1.54, 1.807) is 0 Å². The van der Waals surface area contributed by atoms with Crippen molar-refractivity contribution in [1.29, 1.82) is 0 Å². The van der Waals surface area contributed by atoms with Gasteiger partial charge in [-0.3, -0.25) is 0 Å². The van der Waals surface area contributed by atoms with Crippen molar-refractivity contribution in [1.82, 2.24) is 9.57 Å². The van der Waals surface area contributed by atoms with Crippen LogP contribution in [0.4, 0.5) is 0 Å². The highest BCUT2D eigenvalue weighted by molar-refractivity contribution is 6.18. The summed E-state index contributed by atoms with van der Waals surface area (Å²) in [6.07, 6.45) is 8.79. The summed E-state index contributed by atoms with van der Waals surface area (Å²) in [5.41, 5.74) is 5.00. The van der Waals surface area contributed by atoms with Crippen LogP contribution < -0.4 is 4.67 Å². The molecule has 0 amide bonds. The topological polar surface area (TPSA) is 17.3 Å². The van der Waals surface area contributed by atoms with E-state index in [0.29, 0.717) is 5.92 Å². The molecule has 0 aromatic heterocycles. The monoisotopic (exact) mass is 327 g/mol. The molecule has 124 valence electrons. The van der Waals surface area contributed by atoms with Gasteiger partial charge in [0.2, 0.25) is 0 Å². The molecule has 1 aliphatic heterocycles. The van der Waals surface area contributed by atoms with E-state index in [-0.39, 0.29) is 0 Å². The zero-order valence-corrected chi connectivity index (χ0v) is 14.8. The molecule has 2 heteroatoms. The van der Waals surface area contributed by atoms with Crippen molar-refractivity contribution >= 4 is 11.7 Å². The van der Waals surface area contributed by atoms with Crippen LogP contribution in [0.3, 0.4) is 0 Å². The largest absolute Gasteiger partial charge is 0.331 e. The van der Waals surface area contributed by atoms with Crippen LogP contribution in [0.25, 0.3) is 11.1 Å². The minimum absolute atomic E-state index is 0.424. The van der Waals surface area contributed by atoms with Crippen LogP contribution in [0, 0.1) is 5.92 Å². The van der Waals surface area contributed by atoms with Gasteiger partial charge in [0.25, 0.3) is 0 Å². The highest BCUT2D eigenvalue weighted by Crippen LogP contribution is 2.26. The number of rotatable bonds is 4. The van der Waals surface area contributed by atoms with Gasteiger partial charge in [-0.05, 0) is 35.8 Å². The maximum atomic E-state index is 4.88. The van der Waals surface area contributed by atoms with Crippen molar-refractivity contribution in [3.05, 3.63) is 84.1 Å². The Hall–Kier alpha value is -2.83. The predicted octanol–water partition coefficient (Wildman–Crippen LogP) is 4.77. The van der Waals surface area contributed by atoms with E-state index in [1.807, 2.05) is 0 Å². The first-order valence-corrected chi connectivity index (χ1v) is 9.01. The van der Waals surface area contributed by atoms with Gasteiger partial charge in [-0.15, -0.1) is 0 Å². The molecule has 25 heavy (non-hydrogen) atoms. The van der Waals surface area contributed by atoms with Crippen molar-refractivity contribution in [2.24, 2.45) is 5.92 Å². The van der Waals surface area contributed by atoms with Gasteiger partial charge in [0.15, 0.2) is 0 Å². The van der Waals surface area contributed by atoms with Crippen molar-refractivity contribution in [3.63, 3.8) is 0 Å². The average molecular weight is 327 g/mol. The van der Waals surface area contributed by atoms with Crippen LogP contribution in [0.5, 0.6) is 0 Å². The Kier molecular flexibility index (Phi) is 4.13. The van der Waals surface area contributed by atoms with Gasteiger partial charge in [0, 0.05) is 6.42 Å². The van der Waals surface area contributed by atoms with E-state index >= 15 is 0 Å². The fourth-order valence-electron chi connectivity index (χ4n) is 3.38. The summed E-state index contributed by atoms with van der Waals surface area (Å²) in [5.74, 6) is 2.66. The molecule has 0 saturated carbocycles. The zero-order valence-electron chi connectivity index (χ0n) is 14.8. The summed E-state index contributed by atoms with van der Waals surface area (Å²) < 4.78 is 4.88. The molecular formula is C23H23N2+. The van der Waals surface area contributed by atoms with Crippen molar-refractivity contribution < 1.29 is 0 Å². The summed E-state index contributed by atoms with van der Waals surface area (Å²) in [6.45, 7) is 4.42. The number of nitrogens with zero attached hydrogens (tertiary/aromatic N) is 2. The normalized spacial score (nSPS) is 16.3. The third-order valence-corrected chi connectivity index (χ3v) is 4.68. The Morgan fingerprint density at radius 3 is 2.40 bits per heavy atom. The molecule has 2 aliphatic rings. The molecule has 1 heterocycles. The third kappa shape index (κ3) is 2.97. The van der Waals surface area contributed by atoms with E-state index in [4.69, 9.17) is 4.67 Å². The molecule has 0 bridgehead atoms. The molecule has 0 fully saturated rings. The Bertz CT molecular complexity index is 910. The number of allylic oxidation sites excluding steroid dienone is 4. The summed E-state index contributed by atoms with van der Waals surface area (Å²) in [4.78, 5) is 2.36. The second kappa shape index (κ2) is 6.58. The summed E-state index contributed by atoms with van der Waals surface area (Å²) >= 11 is 0. The Balaban J connectivity index is 1.74. The molecule has 2 aromatic rings. The predicted molar refractivity (Wildman–Crippen MR) is 106 cm³/mol. The third-order valence-electron chi connectivity index (χ3n) is 4.68. The van der Waals surface area contributed by atoms with Gasteiger partial charge < -0.3 is 0 Å². The number of amidine groups is 2. The second-order valence-electron chi connectivity index (χ2n) is 6.86. The van der Waals surface area contributed by atoms with Gasteiger partial charge in [-0.1, -0.05) is 68.5 Å². The fourth-order valence-corrected chi connectivity index (χ4v) is 3.38. The molecule has 2 aromatic carbocycles. The van der Waals surface area contributed by atoms with Crippen LogP contribution in [0.1, 0.15) is 32.3 Å². The van der Waals surface area contributed by atoms with Gasteiger partial charge in [0.05, 0.1) is 17.2 Å². The smallest absolute Gasteiger partial charge is 0.234 e. The van der Waals surface area contributed by atoms with Crippen LogP contribution in [0.15, 0.2) is 78.5 Å². The van der Waals surface area contributed by atoms with Crippen molar-refractivity contribution in [2.45, 2.75) is 26.7 Å². The van der Waals surface area contributed by atoms with E-state index < -0.39 is 0 Å². The second-order valence-corrected chi connectivity index (χ2v) is 6.86. The van der Waals surface area contributed by atoms with Crippen LogP contribution in [-0.4, -0.2) is 16.6 Å². The van der Waals surface area contributed by atoms with Crippen molar-refractivity contribution in [3.8, 4) is 11.1 Å². The van der Waals surface area contributed by atoms with E-state index in [9.17, 15) is 0 Å². The van der Waals surface area contributed by atoms with Crippen LogP contribution >= 0.6 is 0 Å². The molecule has 0 unspecified atom stereocenters. The van der Waals surface area contributed by atoms with Gasteiger partial charge in [-0.2, -0.15) is 4.90 Å². The standard InChI is InChI=1S/C23H23N2/c1-17(2)22-24-23(25(22)21-14-7-4-8-15-21)20-13-9-12-19(16-20)18-10-5-3-6-11-18/h3-7,9-14,16-17H,8,15H2,1-2H3/q+1. The molecule has 4 rings (SSSR count). The summed E-state index contributed by atoms with van der Waals surface area (Å²) in [5, 5.41) is 0. The van der Waals surface area contributed by atoms with E-state index in [1.165, 1.54) is 28.2 Å². The lowest BCUT2D eigenvalue weighted by molar-refractivity contribution is 0.605. The lowest BCUT2D eigenvalue weighted by Crippen LogP contribution is -2.50. The van der Waals surface area contributed by atoms with E-state index in [0.717, 1.165) is 18.7 Å². The number of hydrogen-bond acceptors (Lipinski definition) is 1. The quantitative estimate of drug-likeness (QED) is 0.739. The lowest BCUT2D eigenvalue weighted by atomic mass is 9.99. The van der Waals surface area contributed by atoms with Crippen LogP contribution in [0.2, 0.25) is 0 Å². The first kappa shape index (κ1) is 15.7.